The lowest BCUT2D eigenvalue weighted by Gasteiger charge is -2.27. The highest BCUT2D eigenvalue weighted by Gasteiger charge is 2.11. The second-order valence-corrected chi connectivity index (χ2v) is 4.51. The lowest BCUT2D eigenvalue weighted by Crippen LogP contribution is -2.37. The molecular weight excluding hydrogens is 218 g/mol. The first-order chi connectivity index (χ1) is 5.43. The first-order valence-electron chi connectivity index (χ1n) is 4.19. The summed E-state index contributed by atoms with van der Waals surface area (Å²) in [7, 11) is 0. The number of hydrogen-bond donors (Lipinski definition) is 1. The van der Waals surface area contributed by atoms with Crippen LogP contribution in [0.5, 0.6) is 0 Å². The Morgan fingerprint density at radius 2 is 2.00 bits per heavy atom. The smallest absolute Gasteiger partial charge is 0.0639 e. The molecule has 0 radical (unpaired) electrons. The van der Waals surface area contributed by atoms with Crippen LogP contribution in [-0.2, 0) is 0 Å². The molecule has 0 amide bonds. The van der Waals surface area contributed by atoms with E-state index in [1.165, 1.54) is 0 Å². The van der Waals surface area contributed by atoms with Gasteiger partial charge in [-0.1, -0.05) is 22.5 Å². The van der Waals surface area contributed by atoms with Crippen molar-refractivity contribution >= 4 is 15.9 Å². The second kappa shape index (κ2) is 5.73. The molecule has 0 aromatic rings. The van der Waals surface area contributed by atoms with Crippen LogP contribution in [0.15, 0.2) is 11.1 Å². The van der Waals surface area contributed by atoms with Gasteiger partial charge in [0.05, 0.1) is 6.10 Å². The van der Waals surface area contributed by atoms with Crippen molar-refractivity contribution in [3.8, 4) is 0 Å². The van der Waals surface area contributed by atoms with Crippen molar-refractivity contribution in [3.63, 3.8) is 0 Å². The van der Waals surface area contributed by atoms with Crippen molar-refractivity contribution in [1.82, 2.24) is 4.90 Å². The molecule has 0 rings (SSSR count). The molecule has 0 spiro atoms. The van der Waals surface area contributed by atoms with Crippen molar-refractivity contribution in [3.05, 3.63) is 11.1 Å². The van der Waals surface area contributed by atoms with Gasteiger partial charge in [0.15, 0.2) is 0 Å². The van der Waals surface area contributed by atoms with E-state index in [0.717, 1.165) is 11.0 Å². The number of aliphatic hydroxyl groups excluding tert-OH is 1. The quantitative estimate of drug-likeness (QED) is 0.789. The SMILES string of the molecule is C=C(Br)CN(CC(C)O)C(C)C. The highest BCUT2D eigenvalue weighted by atomic mass is 79.9. The maximum Gasteiger partial charge on any atom is 0.0639 e. The maximum absolute atomic E-state index is 9.20. The van der Waals surface area contributed by atoms with E-state index in [1.807, 2.05) is 0 Å². The zero-order valence-corrected chi connectivity index (χ0v) is 9.63. The predicted molar refractivity (Wildman–Crippen MR) is 56.5 cm³/mol. The summed E-state index contributed by atoms with van der Waals surface area (Å²) >= 11 is 3.32. The van der Waals surface area contributed by atoms with Crippen LogP contribution in [0.1, 0.15) is 20.8 Å². The minimum absolute atomic E-state index is 0.278. The van der Waals surface area contributed by atoms with Gasteiger partial charge in [0.2, 0.25) is 0 Å². The number of rotatable bonds is 5. The molecule has 3 heteroatoms. The van der Waals surface area contributed by atoms with Gasteiger partial charge in [0, 0.05) is 23.6 Å². The summed E-state index contributed by atoms with van der Waals surface area (Å²) in [5.74, 6) is 0. The van der Waals surface area contributed by atoms with Crippen LogP contribution in [0, 0.1) is 0 Å². The van der Waals surface area contributed by atoms with Crippen molar-refractivity contribution in [2.45, 2.75) is 32.9 Å². The van der Waals surface area contributed by atoms with Crippen molar-refractivity contribution in [1.29, 1.82) is 0 Å². The molecule has 0 aliphatic rings. The van der Waals surface area contributed by atoms with Crippen molar-refractivity contribution in [2.75, 3.05) is 13.1 Å². The topological polar surface area (TPSA) is 23.5 Å². The molecule has 12 heavy (non-hydrogen) atoms. The largest absolute Gasteiger partial charge is 0.392 e. The van der Waals surface area contributed by atoms with E-state index in [-0.39, 0.29) is 6.10 Å². The van der Waals surface area contributed by atoms with Crippen LogP contribution in [0.2, 0.25) is 0 Å². The minimum Gasteiger partial charge on any atom is -0.392 e. The summed E-state index contributed by atoms with van der Waals surface area (Å²) < 4.78 is 0.955. The molecule has 0 heterocycles. The van der Waals surface area contributed by atoms with Crippen molar-refractivity contribution in [2.24, 2.45) is 0 Å². The fourth-order valence-corrected chi connectivity index (χ4v) is 1.34. The molecule has 0 aliphatic heterocycles. The normalized spacial score (nSPS) is 13.9. The number of nitrogens with zero attached hydrogens (tertiary/aromatic N) is 1. The molecule has 0 saturated heterocycles. The second-order valence-electron chi connectivity index (χ2n) is 3.39. The summed E-state index contributed by atoms with van der Waals surface area (Å²) in [5.41, 5.74) is 0. The standard InChI is InChI=1S/C9H18BrNO/c1-7(2)11(5-8(3)10)6-9(4)12/h7,9,12H,3,5-6H2,1-2,4H3. The number of halogens is 1. The molecule has 0 aromatic carbocycles. The van der Waals surface area contributed by atoms with E-state index in [1.54, 1.807) is 6.92 Å². The third-order valence-corrected chi connectivity index (χ3v) is 1.85. The fraction of sp³-hybridized carbons (Fsp3) is 0.778. The van der Waals surface area contributed by atoms with Gasteiger partial charge in [0.1, 0.15) is 0 Å². The van der Waals surface area contributed by atoms with Gasteiger partial charge in [-0.05, 0) is 20.8 Å². The average molecular weight is 236 g/mol. The summed E-state index contributed by atoms with van der Waals surface area (Å²) in [5, 5.41) is 9.20. The first-order valence-corrected chi connectivity index (χ1v) is 4.98. The van der Waals surface area contributed by atoms with E-state index in [9.17, 15) is 5.11 Å². The molecule has 1 unspecified atom stereocenters. The summed E-state index contributed by atoms with van der Waals surface area (Å²) in [6, 6.07) is 0.439. The van der Waals surface area contributed by atoms with Gasteiger partial charge < -0.3 is 5.11 Å². The highest BCUT2D eigenvalue weighted by Crippen LogP contribution is 2.08. The Labute approximate surface area is 83.4 Å². The van der Waals surface area contributed by atoms with Crippen LogP contribution < -0.4 is 0 Å². The molecule has 1 atom stereocenters. The molecule has 0 aliphatic carbocycles. The third kappa shape index (κ3) is 5.75. The van der Waals surface area contributed by atoms with Crippen molar-refractivity contribution < 1.29 is 5.11 Å². The fourth-order valence-electron chi connectivity index (χ4n) is 1.02. The van der Waals surface area contributed by atoms with Crippen LogP contribution in [0.25, 0.3) is 0 Å². The highest BCUT2D eigenvalue weighted by molar-refractivity contribution is 9.11. The predicted octanol–water partition coefficient (Wildman–Crippen LogP) is 1.99. The van der Waals surface area contributed by atoms with Gasteiger partial charge in [-0.2, -0.15) is 0 Å². The summed E-state index contributed by atoms with van der Waals surface area (Å²) in [6.45, 7) is 11.3. The Kier molecular flexibility index (Phi) is 5.80. The maximum atomic E-state index is 9.20. The van der Waals surface area contributed by atoms with Crippen LogP contribution in [-0.4, -0.2) is 35.2 Å². The zero-order valence-electron chi connectivity index (χ0n) is 8.05. The van der Waals surface area contributed by atoms with Gasteiger partial charge in [-0.3, -0.25) is 4.90 Å². The van der Waals surface area contributed by atoms with E-state index < -0.39 is 0 Å². The minimum atomic E-state index is -0.278. The average Bonchev–Trinajstić information content (AvgIpc) is 1.83. The Balaban J connectivity index is 3.95. The Hall–Kier alpha value is 0.140. The molecule has 2 nitrogen and oxygen atoms in total. The van der Waals surface area contributed by atoms with Crippen LogP contribution in [0.3, 0.4) is 0 Å². The van der Waals surface area contributed by atoms with Crippen LogP contribution in [0.4, 0.5) is 0 Å². The Morgan fingerprint density at radius 1 is 1.50 bits per heavy atom. The molecular formula is C9H18BrNO. The summed E-state index contributed by atoms with van der Waals surface area (Å²) in [6.07, 6.45) is -0.278. The molecule has 0 fully saturated rings. The zero-order chi connectivity index (χ0) is 9.72. The molecule has 72 valence electrons. The van der Waals surface area contributed by atoms with E-state index in [0.29, 0.717) is 12.6 Å². The summed E-state index contributed by atoms with van der Waals surface area (Å²) in [4.78, 5) is 2.17. The van der Waals surface area contributed by atoms with Gasteiger partial charge in [-0.25, -0.2) is 0 Å². The van der Waals surface area contributed by atoms with E-state index in [4.69, 9.17) is 0 Å². The number of aliphatic hydroxyl groups is 1. The van der Waals surface area contributed by atoms with Gasteiger partial charge in [0.25, 0.3) is 0 Å². The lowest BCUT2D eigenvalue weighted by atomic mass is 10.2. The molecule has 1 N–H and O–H groups in total. The monoisotopic (exact) mass is 235 g/mol. The lowest BCUT2D eigenvalue weighted by molar-refractivity contribution is 0.116. The molecule has 0 aromatic heterocycles. The van der Waals surface area contributed by atoms with Gasteiger partial charge in [-0.15, -0.1) is 0 Å². The molecule has 0 bridgehead atoms. The Bertz CT molecular complexity index is 145. The van der Waals surface area contributed by atoms with Crippen LogP contribution >= 0.6 is 15.9 Å². The van der Waals surface area contributed by atoms with E-state index >= 15 is 0 Å². The first kappa shape index (κ1) is 12.1. The number of hydrogen-bond acceptors (Lipinski definition) is 2. The molecule has 0 saturated carbocycles. The third-order valence-electron chi connectivity index (χ3n) is 1.60. The van der Waals surface area contributed by atoms with Gasteiger partial charge >= 0.3 is 0 Å². The Morgan fingerprint density at radius 3 is 2.25 bits per heavy atom. The van der Waals surface area contributed by atoms with E-state index in [2.05, 4.69) is 41.3 Å².